The van der Waals surface area contributed by atoms with E-state index in [-0.39, 0.29) is 17.8 Å². The molecule has 2 N–H and O–H groups in total. The minimum absolute atomic E-state index is 0.110. The van der Waals surface area contributed by atoms with Gasteiger partial charge in [0, 0.05) is 18.5 Å². The zero-order valence-corrected chi connectivity index (χ0v) is 11.8. The molecule has 0 aromatic carbocycles. The van der Waals surface area contributed by atoms with Crippen LogP contribution in [0.25, 0.3) is 0 Å². The molecule has 0 spiro atoms. The number of nitrogens with one attached hydrogen (secondary N) is 1. The number of rotatable bonds is 6. The summed E-state index contributed by atoms with van der Waals surface area (Å²) in [5, 5.41) is 12.2. The van der Waals surface area contributed by atoms with Gasteiger partial charge in [-0.1, -0.05) is 13.8 Å². The number of nitrogens with zero attached hydrogens (tertiary/aromatic N) is 2. The number of ether oxygens (including phenoxy) is 1. The summed E-state index contributed by atoms with van der Waals surface area (Å²) in [6.07, 6.45) is 1.99. The van der Waals surface area contributed by atoms with Crippen LogP contribution >= 0.6 is 0 Å². The normalized spacial score (nSPS) is 11.5. The smallest absolute Gasteiger partial charge is 0.318 e. The highest BCUT2D eigenvalue weighted by atomic mass is 16.5. The molecule has 0 radical (unpaired) electrons. The van der Waals surface area contributed by atoms with Gasteiger partial charge in [-0.3, -0.25) is 4.79 Å². The van der Waals surface area contributed by atoms with Gasteiger partial charge >= 0.3 is 6.01 Å². The van der Waals surface area contributed by atoms with Gasteiger partial charge in [0.25, 0.3) is 0 Å². The molecule has 0 aliphatic carbocycles. The fraction of sp³-hybridized carbons (Fsp3) is 0.615. The first kappa shape index (κ1) is 15.4. The van der Waals surface area contributed by atoms with E-state index in [2.05, 4.69) is 15.3 Å². The molecule has 0 bridgehead atoms. The van der Waals surface area contributed by atoms with E-state index in [0.29, 0.717) is 18.8 Å². The van der Waals surface area contributed by atoms with Gasteiger partial charge in [-0.15, -0.1) is 0 Å². The number of amides is 1. The molecule has 1 heterocycles. The maximum Gasteiger partial charge on any atom is 0.318 e. The molecule has 6 nitrogen and oxygen atoms in total. The predicted molar refractivity (Wildman–Crippen MR) is 71.9 cm³/mol. The summed E-state index contributed by atoms with van der Waals surface area (Å²) in [6, 6.07) is 1.79. The Morgan fingerprint density at radius 1 is 1.53 bits per heavy atom. The number of carbonyl (C=O) groups is 1. The number of aliphatic hydroxyl groups is 1. The molecule has 0 atom stereocenters. The first-order valence-electron chi connectivity index (χ1n) is 6.27. The molecule has 6 heteroatoms. The topological polar surface area (TPSA) is 84.3 Å². The summed E-state index contributed by atoms with van der Waals surface area (Å²) in [6.45, 7) is 7.33. The van der Waals surface area contributed by atoms with Crippen LogP contribution in [0.2, 0.25) is 0 Å². The molecular weight excluding hydrogens is 246 g/mol. The van der Waals surface area contributed by atoms with Crippen molar-refractivity contribution < 1.29 is 14.6 Å². The molecule has 0 unspecified atom stereocenters. The van der Waals surface area contributed by atoms with Crippen LogP contribution in [-0.4, -0.2) is 33.2 Å². The highest BCUT2D eigenvalue weighted by molar-refractivity contribution is 5.91. The van der Waals surface area contributed by atoms with Gasteiger partial charge in [0.1, 0.15) is 5.82 Å². The van der Waals surface area contributed by atoms with Gasteiger partial charge in [0.2, 0.25) is 5.91 Å². The van der Waals surface area contributed by atoms with Crippen molar-refractivity contribution in [1.29, 1.82) is 0 Å². The first-order chi connectivity index (χ1) is 8.78. The lowest BCUT2D eigenvalue weighted by Gasteiger charge is -2.16. The van der Waals surface area contributed by atoms with Gasteiger partial charge in [-0.25, -0.2) is 4.98 Å². The predicted octanol–water partition coefficient (Wildman–Crippen LogP) is 1.61. The molecular formula is C13H21N3O3. The molecule has 1 amide bonds. The highest BCUT2D eigenvalue weighted by Crippen LogP contribution is 2.11. The fourth-order valence-electron chi connectivity index (χ4n) is 1.14. The zero-order valence-electron chi connectivity index (χ0n) is 11.8. The Morgan fingerprint density at radius 3 is 2.79 bits per heavy atom. The van der Waals surface area contributed by atoms with Crippen LogP contribution in [-0.2, 0) is 4.79 Å². The second-order valence-corrected chi connectivity index (χ2v) is 5.28. The van der Waals surface area contributed by atoms with Crippen molar-refractivity contribution in [3.8, 4) is 6.01 Å². The third kappa shape index (κ3) is 6.15. The van der Waals surface area contributed by atoms with Crippen molar-refractivity contribution in [2.45, 2.75) is 39.7 Å². The zero-order chi connectivity index (χ0) is 14.5. The van der Waals surface area contributed by atoms with E-state index in [4.69, 9.17) is 4.74 Å². The van der Waals surface area contributed by atoms with E-state index in [1.807, 2.05) is 0 Å². The van der Waals surface area contributed by atoms with Gasteiger partial charge < -0.3 is 15.2 Å². The number of carbonyl (C=O) groups excluding carboxylic acids is 1. The van der Waals surface area contributed by atoms with Crippen molar-refractivity contribution >= 4 is 11.7 Å². The number of hydrogen-bond acceptors (Lipinski definition) is 5. The van der Waals surface area contributed by atoms with Crippen molar-refractivity contribution in [3.63, 3.8) is 0 Å². The SMILES string of the molecule is CC(C)C(=O)Nc1ccnc(OCCC(C)(C)O)n1. The third-order valence-electron chi connectivity index (χ3n) is 2.35. The molecule has 1 aromatic rings. The molecule has 1 rings (SSSR count). The lowest BCUT2D eigenvalue weighted by molar-refractivity contribution is -0.118. The molecule has 106 valence electrons. The average molecular weight is 267 g/mol. The summed E-state index contributed by atoms with van der Waals surface area (Å²) in [4.78, 5) is 19.5. The fourth-order valence-corrected chi connectivity index (χ4v) is 1.14. The monoisotopic (exact) mass is 267 g/mol. The van der Waals surface area contributed by atoms with E-state index in [1.165, 1.54) is 6.20 Å². The summed E-state index contributed by atoms with van der Waals surface area (Å²) < 4.78 is 5.33. The second kappa shape index (κ2) is 6.47. The van der Waals surface area contributed by atoms with Crippen LogP contribution in [0.3, 0.4) is 0 Å². The molecule has 0 saturated heterocycles. The Labute approximate surface area is 113 Å². The number of anilines is 1. The van der Waals surface area contributed by atoms with Gasteiger partial charge in [0.05, 0.1) is 12.2 Å². The minimum atomic E-state index is -0.788. The van der Waals surface area contributed by atoms with Gasteiger partial charge in [-0.05, 0) is 19.9 Å². The molecule has 0 aliphatic rings. The highest BCUT2D eigenvalue weighted by Gasteiger charge is 2.13. The molecule has 19 heavy (non-hydrogen) atoms. The molecule has 0 aliphatic heterocycles. The van der Waals surface area contributed by atoms with Gasteiger partial charge in [-0.2, -0.15) is 4.98 Å². The van der Waals surface area contributed by atoms with Crippen LogP contribution in [0.4, 0.5) is 5.82 Å². The maximum absolute atomic E-state index is 11.5. The van der Waals surface area contributed by atoms with Crippen molar-refractivity contribution in [1.82, 2.24) is 9.97 Å². The lowest BCUT2D eigenvalue weighted by Crippen LogP contribution is -2.22. The molecule has 1 aromatic heterocycles. The largest absolute Gasteiger partial charge is 0.463 e. The Kier molecular flexibility index (Phi) is 5.23. The standard InChI is InChI=1S/C13H21N3O3/c1-9(2)11(17)15-10-5-7-14-12(16-10)19-8-6-13(3,4)18/h5,7,9,18H,6,8H2,1-4H3,(H,14,15,16,17). The van der Waals surface area contributed by atoms with Gasteiger partial charge in [0.15, 0.2) is 0 Å². The van der Waals surface area contributed by atoms with Crippen LogP contribution in [0.1, 0.15) is 34.1 Å². The Morgan fingerprint density at radius 2 is 2.21 bits per heavy atom. The summed E-state index contributed by atoms with van der Waals surface area (Å²) in [7, 11) is 0. The Hall–Kier alpha value is -1.69. The molecule has 0 fully saturated rings. The Balaban J connectivity index is 2.55. The molecule has 0 saturated carbocycles. The number of aromatic nitrogens is 2. The van der Waals surface area contributed by atoms with Crippen LogP contribution < -0.4 is 10.1 Å². The van der Waals surface area contributed by atoms with E-state index in [9.17, 15) is 9.90 Å². The summed E-state index contributed by atoms with van der Waals surface area (Å²) in [5.74, 6) is 0.183. The van der Waals surface area contributed by atoms with Crippen molar-refractivity contribution in [2.24, 2.45) is 5.92 Å². The Bertz CT molecular complexity index is 427. The van der Waals surface area contributed by atoms with Crippen molar-refractivity contribution in [2.75, 3.05) is 11.9 Å². The third-order valence-corrected chi connectivity index (χ3v) is 2.35. The number of hydrogen-bond donors (Lipinski definition) is 2. The van der Waals surface area contributed by atoms with Crippen LogP contribution in [0.15, 0.2) is 12.3 Å². The van der Waals surface area contributed by atoms with Crippen LogP contribution in [0, 0.1) is 5.92 Å². The first-order valence-corrected chi connectivity index (χ1v) is 6.27. The quantitative estimate of drug-likeness (QED) is 0.818. The van der Waals surface area contributed by atoms with Crippen LogP contribution in [0.5, 0.6) is 6.01 Å². The maximum atomic E-state index is 11.5. The second-order valence-electron chi connectivity index (χ2n) is 5.28. The summed E-state index contributed by atoms with van der Waals surface area (Å²) in [5.41, 5.74) is -0.788. The summed E-state index contributed by atoms with van der Waals surface area (Å²) >= 11 is 0. The van der Waals surface area contributed by atoms with E-state index >= 15 is 0 Å². The average Bonchev–Trinajstić information content (AvgIpc) is 2.27. The minimum Gasteiger partial charge on any atom is -0.463 e. The van der Waals surface area contributed by atoms with E-state index in [1.54, 1.807) is 33.8 Å². The van der Waals surface area contributed by atoms with Crippen molar-refractivity contribution in [3.05, 3.63) is 12.3 Å². The van der Waals surface area contributed by atoms with E-state index < -0.39 is 5.60 Å². The van der Waals surface area contributed by atoms with E-state index in [0.717, 1.165) is 0 Å². The lowest BCUT2D eigenvalue weighted by atomic mass is 10.1.